The number of aromatic nitrogens is 2. The monoisotopic (exact) mass is 406 g/mol. The molecule has 8 nitrogen and oxygen atoms in total. The van der Waals surface area contributed by atoms with Crippen molar-refractivity contribution in [2.75, 3.05) is 7.05 Å². The van der Waals surface area contributed by atoms with Crippen LogP contribution in [0.25, 0.3) is 17.0 Å². The number of nitro benzene ring substituents is 1. The SMILES string of the molecule is CCC(c1nc2ccccc2c(=O)n1C)N(C)C(=O)/C=C/c1ccc([N+](=O)[O-])cc1. The lowest BCUT2D eigenvalue weighted by Gasteiger charge is -2.27. The highest BCUT2D eigenvalue weighted by atomic mass is 16.6. The molecule has 0 saturated carbocycles. The summed E-state index contributed by atoms with van der Waals surface area (Å²) in [6.07, 6.45) is 3.58. The van der Waals surface area contributed by atoms with Crippen molar-refractivity contribution in [1.82, 2.24) is 14.5 Å². The zero-order valence-electron chi connectivity index (χ0n) is 17.0. The van der Waals surface area contributed by atoms with Gasteiger partial charge in [-0.05, 0) is 42.3 Å². The van der Waals surface area contributed by atoms with Crippen LogP contribution < -0.4 is 5.56 Å². The molecule has 1 amide bonds. The Balaban J connectivity index is 1.87. The van der Waals surface area contributed by atoms with Crippen molar-refractivity contribution in [1.29, 1.82) is 0 Å². The molecule has 0 saturated heterocycles. The van der Waals surface area contributed by atoms with Crippen LogP contribution in [0.1, 0.15) is 30.8 Å². The van der Waals surface area contributed by atoms with Gasteiger partial charge < -0.3 is 4.90 Å². The maximum absolute atomic E-state index is 12.7. The van der Waals surface area contributed by atoms with E-state index in [-0.39, 0.29) is 23.2 Å². The Morgan fingerprint density at radius 1 is 1.23 bits per heavy atom. The number of nitrogens with zero attached hydrogens (tertiary/aromatic N) is 4. The fourth-order valence-electron chi connectivity index (χ4n) is 3.31. The number of nitro groups is 1. The Morgan fingerprint density at radius 3 is 2.53 bits per heavy atom. The lowest BCUT2D eigenvalue weighted by atomic mass is 10.1. The number of para-hydroxylation sites is 1. The van der Waals surface area contributed by atoms with Gasteiger partial charge in [-0.1, -0.05) is 19.1 Å². The molecule has 0 N–H and O–H groups in total. The molecule has 1 unspecified atom stereocenters. The molecule has 0 aliphatic rings. The van der Waals surface area contributed by atoms with Gasteiger partial charge in [0.05, 0.1) is 21.9 Å². The molecule has 0 bridgehead atoms. The highest BCUT2D eigenvalue weighted by Crippen LogP contribution is 2.22. The van der Waals surface area contributed by atoms with E-state index in [2.05, 4.69) is 4.98 Å². The van der Waals surface area contributed by atoms with Crippen LogP contribution in [-0.4, -0.2) is 32.3 Å². The zero-order chi connectivity index (χ0) is 21.8. The molecule has 1 aromatic heterocycles. The summed E-state index contributed by atoms with van der Waals surface area (Å²) in [5.41, 5.74) is 1.10. The third-order valence-electron chi connectivity index (χ3n) is 5.04. The Hall–Kier alpha value is -3.81. The second-order valence-electron chi connectivity index (χ2n) is 6.91. The molecule has 2 aromatic carbocycles. The normalized spacial score (nSPS) is 12.2. The average Bonchev–Trinajstić information content (AvgIpc) is 2.76. The van der Waals surface area contributed by atoms with Crippen molar-refractivity contribution < 1.29 is 9.72 Å². The molecule has 3 rings (SSSR count). The summed E-state index contributed by atoms with van der Waals surface area (Å²) in [6.45, 7) is 1.93. The standard InChI is InChI=1S/C22H22N4O4/c1-4-19(21-23-18-8-6-5-7-17(18)22(28)25(21)3)24(2)20(27)14-11-15-9-12-16(13-10-15)26(29)30/h5-14,19H,4H2,1-3H3/b14-11+. The molecule has 0 aliphatic carbocycles. The predicted molar refractivity (Wildman–Crippen MR) is 115 cm³/mol. The third kappa shape index (κ3) is 4.12. The number of carbonyl (C=O) groups is 1. The Labute approximate surface area is 173 Å². The average molecular weight is 406 g/mol. The first-order valence-electron chi connectivity index (χ1n) is 9.48. The number of non-ortho nitro benzene ring substituents is 1. The minimum atomic E-state index is -0.473. The van der Waals surface area contributed by atoms with Crippen LogP contribution in [0.5, 0.6) is 0 Å². The molecular formula is C22H22N4O4. The largest absolute Gasteiger partial charge is 0.332 e. The molecule has 30 heavy (non-hydrogen) atoms. The van der Waals surface area contributed by atoms with Gasteiger partial charge in [-0.25, -0.2) is 4.98 Å². The molecule has 3 aromatic rings. The molecule has 0 aliphatic heterocycles. The smallest absolute Gasteiger partial charge is 0.269 e. The van der Waals surface area contributed by atoms with Crippen molar-refractivity contribution in [3.8, 4) is 0 Å². The minimum absolute atomic E-state index is 0.00932. The van der Waals surface area contributed by atoms with Gasteiger partial charge >= 0.3 is 0 Å². The molecule has 1 atom stereocenters. The van der Waals surface area contributed by atoms with E-state index in [0.717, 1.165) is 0 Å². The van der Waals surface area contributed by atoms with Gasteiger partial charge in [0.2, 0.25) is 5.91 Å². The van der Waals surface area contributed by atoms with Crippen LogP contribution >= 0.6 is 0 Å². The van der Waals surface area contributed by atoms with Crippen LogP contribution in [0, 0.1) is 10.1 Å². The first kappa shape index (κ1) is 20.9. The minimum Gasteiger partial charge on any atom is -0.332 e. The molecule has 154 valence electrons. The molecule has 0 spiro atoms. The first-order chi connectivity index (χ1) is 14.3. The van der Waals surface area contributed by atoms with Crippen LogP contribution in [0.3, 0.4) is 0 Å². The number of hydrogen-bond donors (Lipinski definition) is 0. The molecule has 1 heterocycles. The van der Waals surface area contributed by atoms with Crippen LogP contribution in [0.2, 0.25) is 0 Å². The maximum Gasteiger partial charge on any atom is 0.269 e. The zero-order valence-corrected chi connectivity index (χ0v) is 17.0. The number of carbonyl (C=O) groups excluding carboxylic acids is 1. The van der Waals surface area contributed by atoms with Crippen molar-refractivity contribution in [2.45, 2.75) is 19.4 Å². The number of hydrogen-bond acceptors (Lipinski definition) is 5. The van der Waals surface area contributed by atoms with Crippen LogP contribution in [0.15, 0.2) is 59.4 Å². The van der Waals surface area contributed by atoms with E-state index >= 15 is 0 Å². The Morgan fingerprint density at radius 2 is 1.90 bits per heavy atom. The van der Waals surface area contributed by atoms with Crippen molar-refractivity contribution >= 4 is 28.6 Å². The molecule has 0 fully saturated rings. The summed E-state index contributed by atoms with van der Waals surface area (Å²) in [4.78, 5) is 41.9. The topological polar surface area (TPSA) is 98.3 Å². The highest BCUT2D eigenvalue weighted by Gasteiger charge is 2.23. The van der Waals surface area contributed by atoms with Gasteiger partial charge in [-0.2, -0.15) is 0 Å². The van der Waals surface area contributed by atoms with Gasteiger partial charge in [0.1, 0.15) is 5.82 Å². The van der Waals surface area contributed by atoms with Crippen LogP contribution in [-0.2, 0) is 11.8 Å². The maximum atomic E-state index is 12.7. The summed E-state index contributed by atoms with van der Waals surface area (Å²) in [5.74, 6) is 0.253. The number of rotatable bonds is 6. The summed E-state index contributed by atoms with van der Waals surface area (Å²) in [5, 5.41) is 11.3. The van der Waals surface area contributed by atoms with Gasteiger partial charge in [0, 0.05) is 32.3 Å². The molecule has 8 heteroatoms. The van der Waals surface area contributed by atoms with Gasteiger partial charge in [-0.15, -0.1) is 0 Å². The predicted octanol–water partition coefficient (Wildman–Crippen LogP) is 3.46. The fraction of sp³-hybridized carbons (Fsp3) is 0.227. The third-order valence-corrected chi connectivity index (χ3v) is 5.04. The number of fused-ring (bicyclic) bond motifs is 1. The van der Waals surface area contributed by atoms with Gasteiger partial charge in [0.15, 0.2) is 0 Å². The quantitative estimate of drug-likeness (QED) is 0.355. The van der Waals surface area contributed by atoms with Crippen molar-refractivity contribution in [3.05, 3.63) is 86.5 Å². The summed E-state index contributed by atoms with van der Waals surface area (Å²) in [6, 6.07) is 12.7. The first-order valence-corrected chi connectivity index (χ1v) is 9.48. The summed E-state index contributed by atoms with van der Waals surface area (Å²) < 4.78 is 1.49. The van der Waals surface area contributed by atoms with Gasteiger partial charge in [0.25, 0.3) is 11.2 Å². The lowest BCUT2D eigenvalue weighted by molar-refractivity contribution is -0.384. The van der Waals surface area contributed by atoms with Gasteiger partial charge in [-0.3, -0.25) is 24.3 Å². The van der Waals surface area contributed by atoms with E-state index in [4.69, 9.17) is 0 Å². The van der Waals surface area contributed by atoms with E-state index < -0.39 is 4.92 Å². The van der Waals surface area contributed by atoms with E-state index in [0.29, 0.717) is 28.7 Å². The summed E-state index contributed by atoms with van der Waals surface area (Å²) >= 11 is 0. The van der Waals surface area contributed by atoms with E-state index in [1.54, 1.807) is 55.4 Å². The number of likely N-dealkylation sites (N-methyl/N-ethyl adjacent to an activating group) is 1. The van der Waals surface area contributed by atoms with E-state index in [1.807, 2.05) is 13.0 Å². The second kappa shape index (κ2) is 8.69. The highest BCUT2D eigenvalue weighted by molar-refractivity contribution is 5.92. The van der Waals surface area contributed by atoms with E-state index in [9.17, 15) is 19.7 Å². The van der Waals surface area contributed by atoms with E-state index in [1.165, 1.54) is 22.8 Å². The Kier molecular flexibility index (Phi) is 6.06. The fourth-order valence-corrected chi connectivity index (χ4v) is 3.31. The summed E-state index contributed by atoms with van der Waals surface area (Å²) in [7, 11) is 3.32. The van der Waals surface area contributed by atoms with Crippen molar-refractivity contribution in [2.24, 2.45) is 7.05 Å². The number of benzene rings is 2. The van der Waals surface area contributed by atoms with Crippen molar-refractivity contribution in [3.63, 3.8) is 0 Å². The second-order valence-corrected chi connectivity index (χ2v) is 6.91. The van der Waals surface area contributed by atoms with Crippen LogP contribution in [0.4, 0.5) is 5.69 Å². The Bertz CT molecular complexity index is 1180. The number of amides is 1. The molecular weight excluding hydrogens is 384 g/mol. The molecule has 0 radical (unpaired) electrons. The lowest BCUT2D eigenvalue weighted by Crippen LogP contribution is -2.34.